The first-order valence-electron chi connectivity index (χ1n) is 4.01. The van der Waals surface area contributed by atoms with E-state index in [0.29, 0.717) is 5.69 Å². The molecule has 1 aromatic heterocycles. The highest BCUT2D eigenvalue weighted by molar-refractivity contribution is 5.79. The summed E-state index contributed by atoms with van der Waals surface area (Å²) >= 11 is 0. The van der Waals surface area contributed by atoms with Gasteiger partial charge in [0.2, 0.25) is 6.43 Å². The maximum atomic E-state index is 12.0. The van der Waals surface area contributed by atoms with Gasteiger partial charge in [0.15, 0.2) is 0 Å². The summed E-state index contributed by atoms with van der Waals surface area (Å²) in [6, 6.07) is 9.99. The van der Waals surface area contributed by atoms with Crippen LogP contribution in [0.4, 0.5) is 8.78 Å². The lowest BCUT2D eigenvalue weighted by molar-refractivity contribution is 0.148. The first-order valence-corrected chi connectivity index (χ1v) is 4.01. The lowest BCUT2D eigenvalue weighted by Crippen LogP contribution is -1.95. The number of aromatic nitrogens is 1. The van der Waals surface area contributed by atoms with Crippen LogP contribution in [0.1, 0.15) is 5.69 Å². The van der Waals surface area contributed by atoms with Crippen molar-refractivity contribution in [1.29, 1.82) is 0 Å². The number of aromatic amines is 1. The van der Waals surface area contributed by atoms with Gasteiger partial charge in [0.1, 0.15) is 0 Å². The van der Waals surface area contributed by atoms with Crippen LogP contribution in [0.15, 0.2) is 24.3 Å². The Balaban J connectivity index is 2.38. The molecule has 1 nitrogen and oxygen atoms in total. The molecule has 2 aromatic rings. The van der Waals surface area contributed by atoms with E-state index < -0.39 is 6.43 Å². The van der Waals surface area contributed by atoms with Crippen molar-refractivity contribution in [2.45, 2.75) is 12.8 Å². The van der Waals surface area contributed by atoms with E-state index in [1.807, 2.05) is 6.07 Å². The minimum Gasteiger partial charge on any atom is -0.358 e. The summed E-state index contributed by atoms with van der Waals surface area (Å²) in [7, 11) is 0. The summed E-state index contributed by atoms with van der Waals surface area (Å²) in [6.07, 6.45) is -2.51. The lowest BCUT2D eigenvalue weighted by atomic mass is 10.2. The Morgan fingerprint density at radius 1 is 1.46 bits per heavy atom. The highest BCUT2D eigenvalue weighted by Gasteiger charge is 2.06. The van der Waals surface area contributed by atoms with Crippen LogP contribution in [0.3, 0.4) is 0 Å². The van der Waals surface area contributed by atoms with Gasteiger partial charge in [0.25, 0.3) is 0 Å². The molecule has 0 aliphatic rings. The van der Waals surface area contributed by atoms with Gasteiger partial charge in [-0.1, -0.05) is 6.07 Å². The second-order valence-corrected chi connectivity index (χ2v) is 2.90. The topological polar surface area (TPSA) is 15.8 Å². The van der Waals surface area contributed by atoms with E-state index in [1.165, 1.54) is 0 Å². The third-order valence-electron chi connectivity index (χ3n) is 1.90. The Morgan fingerprint density at radius 2 is 2.31 bits per heavy atom. The first-order chi connectivity index (χ1) is 6.25. The number of alkyl halides is 2. The van der Waals surface area contributed by atoms with Crippen LogP contribution in [0, 0.1) is 6.07 Å². The van der Waals surface area contributed by atoms with Crippen molar-refractivity contribution in [3.05, 3.63) is 36.0 Å². The van der Waals surface area contributed by atoms with Gasteiger partial charge in [-0.2, -0.15) is 0 Å². The highest BCUT2D eigenvalue weighted by atomic mass is 19.3. The van der Waals surface area contributed by atoms with Crippen LogP contribution in [0.2, 0.25) is 0 Å². The molecule has 1 radical (unpaired) electrons. The van der Waals surface area contributed by atoms with Gasteiger partial charge in [0, 0.05) is 23.0 Å². The molecule has 0 unspecified atom stereocenters. The van der Waals surface area contributed by atoms with E-state index >= 15 is 0 Å². The van der Waals surface area contributed by atoms with Crippen LogP contribution in [0.25, 0.3) is 10.9 Å². The number of rotatable bonds is 2. The summed E-state index contributed by atoms with van der Waals surface area (Å²) in [6.45, 7) is 0. The predicted molar refractivity (Wildman–Crippen MR) is 46.8 cm³/mol. The van der Waals surface area contributed by atoms with Gasteiger partial charge in [0.05, 0.1) is 0 Å². The van der Waals surface area contributed by atoms with Crippen molar-refractivity contribution in [2.75, 3.05) is 0 Å². The molecule has 0 fully saturated rings. The molecule has 0 aliphatic heterocycles. The van der Waals surface area contributed by atoms with Gasteiger partial charge in [-0.15, -0.1) is 0 Å². The largest absolute Gasteiger partial charge is 0.358 e. The van der Waals surface area contributed by atoms with Crippen LogP contribution in [0.5, 0.6) is 0 Å². The molecule has 1 heterocycles. The van der Waals surface area contributed by atoms with E-state index in [0.717, 1.165) is 10.9 Å². The van der Waals surface area contributed by atoms with Crippen molar-refractivity contribution >= 4 is 10.9 Å². The molecule has 0 saturated heterocycles. The van der Waals surface area contributed by atoms with Crippen molar-refractivity contribution in [2.24, 2.45) is 0 Å². The molecule has 0 atom stereocenters. The molecule has 2 rings (SSSR count). The van der Waals surface area contributed by atoms with Gasteiger partial charge >= 0.3 is 0 Å². The number of H-pyrrole nitrogens is 1. The Kier molecular flexibility index (Phi) is 2.00. The van der Waals surface area contributed by atoms with Gasteiger partial charge in [-0.3, -0.25) is 0 Å². The molecule has 0 spiro atoms. The fourth-order valence-corrected chi connectivity index (χ4v) is 1.35. The quantitative estimate of drug-likeness (QED) is 0.731. The molecule has 0 saturated carbocycles. The third kappa shape index (κ3) is 1.69. The smallest absolute Gasteiger partial charge is 0.244 e. The maximum absolute atomic E-state index is 12.0. The van der Waals surface area contributed by atoms with Gasteiger partial charge in [-0.05, 0) is 24.3 Å². The number of benzene rings is 1. The fourth-order valence-electron chi connectivity index (χ4n) is 1.35. The Bertz CT molecular complexity index is 373. The van der Waals surface area contributed by atoms with Crippen molar-refractivity contribution in [3.8, 4) is 0 Å². The molecular weight excluding hydrogens is 172 g/mol. The Hall–Kier alpha value is -1.38. The summed E-state index contributed by atoms with van der Waals surface area (Å²) in [4.78, 5) is 2.93. The zero-order valence-corrected chi connectivity index (χ0v) is 6.85. The average molecular weight is 180 g/mol. The monoisotopic (exact) mass is 180 g/mol. The number of halogens is 2. The Morgan fingerprint density at radius 3 is 3.00 bits per heavy atom. The SMILES string of the molecule is FC(F)Cc1cc2c[c]ccc2[nH]1. The fraction of sp³-hybridized carbons (Fsp3) is 0.200. The highest BCUT2D eigenvalue weighted by Crippen LogP contribution is 2.16. The molecule has 0 bridgehead atoms. The molecule has 1 N–H and O–H groups in total. The molecular formula is C10H8F2N. The first kappa shape index (κ1) is 8.23. The zero-order chi connectivity index (χ0) is 9.26. The van der Waals surface area contributed by atoms with Crippen molar-refractivity contribution in [3.63, 3.8) is 0 Å². The van der Waals surface area contributed by atoms with E-state index in [1.54, 1.807) is 18.2 Å². The van der Waals surface area contributed by atoms with E-state index in [-0.39, 0.29) is 6.42 Å². The number of fused-ring (bicyclic) bond motifs is 1. The van der Waals surface area contributed by atoms with Gasteiger partial charge < -0.3 is 4.98 Å². The van der Waals surface area contributed by atoms with E-state index in [4.69, 9.17) is 0 Å². The number of hydrogen-bond acceptors (Lipinski definition) is 0. The predicted octanol–water partition coefficient (Wildman–Crippen LogP) is 2.78. The van der Waals surface area contributed by atoms with E-state index in [9.17, 15) is 8.78 Å². The summed E-state index contributed by atoms with van der Waals surface area (Å²) in [5, 5.41) is 0.929. The molecule has 0 aliphatic carbocycles. The normalized spacial score (nSPS) is 11.3. The lowest BCUT2D eigenvalue weighted by Gasteiger charge is -1.93. The summed E-state index contributed by atoms with van der Waals surface area (Å²) in [5.41, 5.74) is 1.46. The number of nitrogens with one attached hydrogen (secondary N) is 1. The summed E-state index contributed by atoms with van der Waals surface area (Å²) in [5.74, 6) is 0. The van der Waals surface area contributed by atoms with E-state index in [2.05, 4.69) is 11.1 Å². The average Bonchev–Trinajstić information content (AvgIpc) is 2.44. The third-order valence-corrected chi connectivity index (χ3v) is 1.90. The molecule has 1 aromatic carbocycles. The second kappa shape index (κ2) is 3.17. The standard InChI is InChI=1S/C10H8F2N/c11-10(12)6-8-5-7-3-1-2-4-9(7)13-8/h2-5,10,13H,6H2. The molecule has 13 heavy (non-hydrogen) atoms. The molecule has 0 amide bonds. The second-order valence-electron chi connectivity index (χ2n) is 2.90. The minimum absolute atomic E-state index is 0.214. The molecule has 67 valence electrons. The van der Waals surface area contributed by atoms with Crippen LogP contribution < -0.4 is 0 Å². The van der Waals surface area contributed by atoms with Crippen LogP contribution in [-0.2, 0) is 6.42 Å². The maximum Gasteiger partial charge on any atom is 0.244 e. The molecule has 3 heteroatoms. The minimum atomic E-state index is -2.29. The summed E-state index contributed by atoms with van der Waals surface area (Å²) < 4.78 is 24.0. The van der Waals surface area contributed by atoms with Crippen molar-refractivity contribution in [1.82, 2.24) is 4.98 Å². The van der Waals surface area contributed by atoms with Gasteiger partial charge in [-0.25, -0.2) is 8.78 Å². The van der Waals surface area contributed by atoms with Crippen molar-refractivity contribution < 1.29 is 8.78 Å². The Labute approximate surface area is 74.4 Å². The van der Waals surface area contributed by atoms with Crippen LogP contribution in [-0.4, -0.2) is 11.4 Å². The number of hydrogen-bond donors (Lipinski definition) is 1. The zero-order valence-electron chi connectivity index (χ0n) is 6.85. The van der Waals surface area contributed by atoms with Crippen LogP contribution >= 0.6 is 0 Å².